The van der Waals surface area contributed by atoms with Crippen molar-refractivity contribution in [3.63, 3.8) is 0 Å². The van der Waals surface area contributed by atoms with Gasteiger partial charge in [0.2, 0.25) is 0 Å². The molecule has 0 saturated carbocycles. The van der Waals surface area contributed by atoms with Gasteiger partial charge < -0.3 is 21.9 Å². The summed E-state index contributed by atoms with van der Waals surface area (Å²) < 4.78 is 0. The van der Waals surface area contributed by atoms with Crippen molar-refractivity contribution in [1.29, 1.82) is 0 Å². The number of rotatable bonds is 0. The fourth-order valence-electron chi connectivity index (χ4n) is 0. The Morgan fingerprint density at radius 3 is 0.500 bits per heavy atom. The molecule has 6 heavy (non-hydrogen) atoms. The SMILES string of the molecule is [Mo+4].[O-2].[O-2].[O-2].[O-2].[Th+4]. The quantitative estimate of drug-likeness (QED) is 0.496. The van der Waals surface area contributed by atoms with Crippen LogP contribution in [-0.4, -0.2) is 0 Å². The van der Waals surface area contributed by atoms with Crippen molar-refractivity contribution in [2.24, 2.45) is 0 Å². The maximum atomic E-state index is 0. The van der Waals surface area contributed by atoms with Gasteiger partial charge in [-0.05, 0) is 0 Å². The Kier molecular flexibility index (Phi) is 1220. The molecule has 0 fully saturated rings. The fraction of sp³-hybridized carbons (Fsp3) is 0. The van der Waals surface area contributed by atoms with Crippen molar-refractivity contribution in [3.8, 4) is 0 Å². The van der Waals surface area contributed by atoms with Crippen molar-refractivity contribution in [2.75, 3.05) is 0 Å². The van der Waals surface area contributed by atoms with Gasteiger partial charge in [-0.25, -0.2) is 0 Å². The fourth-order valence-corrected chi connectivity index (χ4v) is 0. The van der Waals surface area contributed by atoms with Gasteiger partial charge in [-0.15, -0.1) is 0 Å². The van der Waals surface area contributed by atoms with Crippen molar-refractivity contribution in [2.45, 2.75) is 0 Å². The molecule has 0 heterocycles. The molecular formula is MoO4Th. The number of hydrogen-bond acceptors (Lipinski definition) is 0. The van der Waals surface area contributed by atoms with Crippen LogP contribution < -0.4 is 0 Å². The molecule has 0 N–H and O–H groups in total. The third-order valence-corrected chi connectivity index (χ3v) is 0. The van der Waals surface area contributed by atoms with E-state index >= 15 is 0 Å². The topological polar surface area (TPSA) is 114 Å². The number of hydrogen-bond donors (Lipinski definition) is 0. The van der Waals surface area contributed by atoms with Gasteiger partial charge in [-0.1, -0.05) is 0 Å². The Morgan fingerprint density at radius 1 is 0.500 bits per heavy atom. The standard InChI is InChI=1S/Mo.4O.Th/q+4;4*-2;+4. The van der Waals surface area contributed by atoms with Gasteiger partial charge >= 0.3 is 61.0 Å². The van der Waals surface area contributed by atoms with Crippen LogP contribution in [0.2, 0.25) is 0 Å². The molecule has 0 rings (SSSR count). The maximum absolute atomic E-state index is 0. The van der Waals surface area contributed by atoms with Gasteiger partial charge in [0.1, 0.15) is 0 Å². The summed E-state index contributed by atoms with van der Waals surface area (Å²) in [6, 6.07) is 0. The summed E-state index contributed by atoms with van der Waals surface area (Å²) in [6.45, 7) is 0. The van der Waals surface area contributed by atoms with Crippen LogP contribution >= 0.6 is 0 Å². The van der Waals surface area contributed by atoms with E-state index in [0.717, 1.165) is 0 Å². The molecule has 0 aliphatic rings. The molecule has 34 valence electrons. The average molecular weight is 392 g/mol. The molecule has 0 radical (unpaired) electrons. The predicted octanol–water partition coefficient (Wildman–Crippen LogP) is -0.478. The molecule has 0 spiro atoms. The minimum Gasteiger partial charge on any atom is -2.00 e. The van der Waals surface area contributed by atoms with Gasteiger partial charge in [-0.2, -0.15) is 0 Å². The Morgan fingerprint density at radius 2 is 0.500 bits per heavy atom. The molecule has 0 aromatic carbocycles. The largest absolute Gasteiger partial charge is 4.00 e. The van der Waals surface area contributed by atoms with Crippen molar-refractivity contribution >= 4 is 0 Å². The second-order valence-corrected chi connectivity index (χ2v) is 0. The van der Waals surface area contributed by atoms with Gasteiger partial charge in [-0.3, -0.25) is 0 Å². The molecule has 0 bridgehead atoms. The average Bonchev–Trinajstić information content (AvgIpc) is 0. The van der Waals surface area contributed by atoms with E-state index in [1.807, 2.05) is 0 Å². The molecular weight excluding hydrogens is 392 g/mol. The molecule has 0 aliphatic carbocycles. The van der Waals surface area contributed by atoms with Crippen LogP contribution in [0.1, 0.15) is 0 Å². The summed E-state index contributed by atoms with van der Waals surface area (Å²) in [6.07, 6.45) is 0. The molecule has 4 nitrogen and oxygen atoms in total. The summed E-state index contributed by atoms with van der Waals surface area (Å²) in [4.78, 5) is 0. The Balaban J connectivity index is 0. The van der Waals surface area contributed by atoms with E-state index in [9.17, 15) is 0 Å². The first-order chi connectivity index (χ1) is 0. The van der Waals surface area contributed by atoms with Crippen LogP contribution in [0.4, 0.5) is 0 Å². The van der Waals surface area contributed by atoms with Crippen LogP contribution in [0.15, 0.2) is 0 Å². The van der Waals surface area contributed by atoms with Crippen molar-refractivity contribution in [1.82, 2.24) is 0 Å². The Bertz CT molecular complexity index is 7.51. The zero-order valence-electron chi connectivity index (χ0n) is 2.54. The molecule has 0 saturated heterocycles. The third kappa shape index (κ3) is 40.1. The van der Waals surface area contributed by atoms with Crippen LogP contribution in [0.3, 0.4) is 0 Å². The van der Waals surface area contributed by atoms with Gasteiger partial charge in [0.05, 0.1) is 0 Å². The molecule has 0 atom stereocenters. The van der Waals surface area contributed by atoms with E-state index in [4.69, 9.17) is 0 Å². The molecule has 0 aromatic heterocycles. The maximum Gasteiger partial charge on any atom is 4.00 e. The first kappa shape index (κ1) is 107. The summed E-state index contributed by atoms with van der Waals surface area (Å²) in [5.74, 6) is 0. The minimum absolute atomic E-state index is 0. The summed E-state index contributed by atoms with van der Waals surface area (Å²) in [5.41, 5.74) is 0. The van der Waals surface area contributed by atoms with Crippen molar-refractivity contribution < 1.29 is 82.9 Å². The zero-order valence-corrected chi connectivity index (χ0v) is 8.66. The second-order valence-electron chi connectivity index (χ2n) is 0. The summed E-state index contributed by atoms with van der Waals surface area (Å²) >= 11 is 0. The minimum atomic E-state index is 0. The summed E-state index contributed by atoms with van der Waals surface area (Å²) in [7, 11) is 0. The smallest absolute Gasteiger partial charge is 2.00 e. The van der Waals surface area contributed by atoms with Crippen molar-refractivity contribution in [3.05, 3.63) is 0 Å². The monoisotopic (exact) mass is 394 g/mol. The molecule has 0 aliphatic heterocycles. The van der Waals surface area contributed by atoms with Gasteiger partial charge in [0, 0.05) is 0 Å². The van der Waals surface area contributed by atoms with E-state index in [1.165, 1.54) is 0 Å². The van der Waals surface area contributed by atoms with Crippen LogP contribution in [-0.2, 0) is 43.0 Å². The Hall–Kier alpha value is 1.85. The molecule has 0 aromatic rings. The predicted molar refractivity (Wildman–Crippen MR) is 2.75 cm³/mol. The van der Waals surface area contributed by atoms with E-state index in [-0.39, 0.29) is 82.9 Å². The van der Waals surface area contributed by atoms with E-state index in [1.54, 1.807) is 0 Å². The van der Waals surface area contributed by atoms with E-state index in [2.05, 4.69) is 0 Å². The third-order valence-electron chi connectivity index (χ3n) is 0. The van der Waals surface area contributed by atoms with E-state index < -0.39 is 0 Å². The molecule has 6 heteroatoms. The molecule has 0 amide bonds. The first-order valence-electron chi connectivity index (χ1n) is 0. The van der Waals surface area contributed by atoms with Gasteiger partial charge in [0.15, 0.2) is 0 Å². The van der Waals surface area contributed by atoms with Crippen LogP contribution in [0.5, 0.6) is 0 Å². The first-order valence-corrected chi connectivity index (χ1v) is 0. The van der Waals surface area contributed by atoms with Crippen LogP contribution in [0, 0.1) is 39.9 Å². The zero-order chi connectivity index (χ0) is 0. The van der Waals surface area contributed by atoms with E-state index in [0.29, 0.717) is 0 Å². The van der Waals surface area contributed by atoms with Gasteiger partial charge in [0.25, 0.3) is 0 Å². The normalized spacial score (nSPS) is 0. The molecule has 0 unspecified atom stereocenters. The second kappa shape index (κ2) is 68.4. The Labute approximate surface area is 81.9 Å². The van der Waals surface area contributed by atoms with Crippen LogP contribution in [0.25, 0.3) is 0 Å². The summed E-state index contributed by atoms with van der Waals surface area (Å²) in [5, 5.41) is 0.